The zero-order valence-electron chi connectivity index (χ0n) is 19.8. The lowest BCUT2D eigenvalue weighted by atomic mass is 9.87. The van der Waals surface area contributed by atoms with Gasteiger partial charge in [0.15, 0.2) is 0 Å². The molecule has 0 saturated carbocycles. The number of nitrogens with one attached hydrogen (secondary N) is 1. The van der Waals surface area contributed by atoms with Crippen LogP contribution in [0.3, 0.4) is 0 Å². The highest BCUT2D eigenvalue weighted by atomic mass is 32.1. The second-order valence-corrected chi connectivity index (χ2v) is 10.1. The average molecular weight is 493 g/mol. The molecule has 1 aromatic heterocycles. The molecule has 1 N–H and O–H groups in total. The summed E-state index contributed by atoms with van der Waals surface area (Å²) >= 11 is 1.67. The second kappa shape index (κ2) is 9.30. The first-order valence-electron chi connectivity index (χ1n) is 11.9. The van der Waals surface area contributed by atoms with Gasteiger partial charge in [-0.2, -0.15) is 0 Å². The van der Waals surface area contributed by atoms with Crippen molar-refractivity contribution in [2.75, 3.05) is 26.7 Å². The topological polar surface area (TPSA) is 91.8 Å². The summed E-state index contributed by atoms with van der Waals surface area (Å²) in [7, 11) is 1.57. The van der Waals surface area contributed by atoms with Crippen LogP contribution in [-0.4, -0.2) is 59.4 Å². The van der Waals surface area contributed by atoms with Crippen molar-refractivity contribution in [3.8, 4) is 5.75 Å². The van der Waals surface area contributed by atoms with Crippen molar-refractivity contribution in [3.05, 3.63) is 59.1 Å². The van der Waals surface area contributed by atoms with Gasteiger partial charge in [-0.05, 0) is 49.1 Å². The molecule has 2 aliphatic rings. The number of urea groups is 1. The predicted molar refractivity (Wildman–Crippen MR) is 133 cm³/mol. The van der Waals surface area contributed by atoms with Gasteiger partial charge in [-0.3, -0.25) is 14.5 Å². The summed E-state index contributed by atoms with van der Waals surface area (Å²) in [5, 5.41) is 3.88. The van der Waals surface area contributed by atoms with Crippen LogP contribution < -0.4 is 10.1 Å². The minimum absolute atomic E-state index is 0.155. The van der Waals surface area contributed by atoms with E-state index in [0.29, 0.717) is 30.8 Å². The molecule has 4 amide bonds. The van der Waals surface area contributed by atoms with Crippen LogP contribution in [0.25, 0.3) is 10.2 Å². The molecule has 3 aromatic rings. The summed E-state index contributed by atoms with van der Waals surface area (Å²) in [6.45, 7) is 2.73. The van der Waals surface area contributed by atoms with Crippen molar-refractivity contribution in [1.29, 1.82) is 0 Å². The third kappa shape index (κ3) is 4.14. The van der Waals surface area contributed by atoms with Crippen molar-refractivity contribution >= 4 is 39.4 Å². The summed E-state index contributed by atoms with van der Waals surface area (Å²) < 4.78 is 6.35. The molecule has 0 unspecified atom stereocenters. The summed E-state index contributed by atoms with van der Waals surface area (Å²) in [5.74, 6) is 0.197. The lowest BCUT2D eigenvalue weighted by Crippen LogP contribution is -2.47. The van der Waals surface area contributed by atoms with Gasteiger partial charge in [0, 0.05) is 19.0 Å². The first-order valence-corrected chi connectivity index (χ1v) is 12.7. The molecule has 2 aliphatic heterocycles. The highest BCUT2D eigenvalue weighted by molar-refractivity contribution is 7.18. The molecule has 9 heteroatoms. The fourth-order valence-electron chi connectivity index (χ4n) is 4.99. The minimum Gasteiger partial charge on any atom is -0.497 e. The Kier molecular flexibility index (Phi) is 6.19. The molecule has 0 radical (unpaired) electrons. The van der Waals surface area contributed by atoms with Crippen LogP contribution in [0.2, 0.25) is 0 Å². The SMILES string of the molecule is CC[C@]1(c2ccc(OC)cc2)NC(=O)N(CC(=O)N2CCC[C@H](c3nc4ccccc4s3)C2)C1=O. The Hall–Kier alpha value is -3.46. The van der Waals surface area contributed by atoms with Crippen LogP contribution in [0.15, 0.2) is 48.5 Å². The van der Waals surface area contributed by atoms with Crippen LogP contribution in [0.1, 0.15) is 42.7 Å². The monoisotopic (exact) mass is 492 g/mol. The first-order chi connectivity index (χ1) is 16.9. The van der Waals surface area contributed by atoms with Crippen LogP contribution in [0.4, 0.5) is 4.79 Å². The zero-order chi connectivity index (χ0) is 24.6. The van der Waals surface area contributed by atoms with Crippen molar-refractivity contribution < 1.29 is 19.1 Å². The summed E-state index contributed by atoms with van der Waals surface area (Å²) in [6, 6.07) is 14.6. The highest BCUT2D eigenvalue weighted by Gasteiger charge is 2.52. The number of benzene rings is 2. The van der Waals surface area contributed by atoms with Gasteiger partial charge < -0.3 is 15.0 Å². The number of piperidine rings is 1. The fraction of sp³-hybridized carbons (Fsp3) is 0.385. The smallest absolute Gasteiger partial charge is 0.325 e. The Morgan fingerprint density at radius 3 is 2.69 bits per heavy atom. The van der Waals surface area contributed by atoms with Crippen molar-refractivity contribution in [3.63, 3.8) is 0 Å². The number of imide groups is 1. The van der Waals surface area contributed by atoms with Crippen LogP contribution in [0, 0.1) is 0 Å². The number of aromatic nitrogens is 1. The van der Waals surface area contributed by atoms with Gasteiger partial charge in [0.2, 0.25) is 5.91 Å². The van der Waals surface area contributed by atoms with E-state index in [1.54, 1.807) is 47.6 Å². The van der Waals surface area contributed by atoms with E-state index in [9.17, 15) is 14.4 Å². The number of fused-ring (bicyclic) bond motifs is 1. The number of ether oxygens (including phenoxy) is 1. The molecular weight excluding hydrogens is 464 g/mol. The van der Waals surface area contributed by atoms with E-state index in [1.165, 1.54) is 0 Å². The highest BCUT2D eigenvalue weighted by Crippen LogP contribution is 2.35. The summed E-state index contributed by atoms with van der Waals surface area (Å²) in [4.78, 5) is 47.1. The van der Waals surface area contributed by atoms with Crippen molar-refractivity contribution in [2.24, 2.45) is 0 Å². The van der Waals surface area contributed by atoms with Gasteiger partial charge in [0.1, 0.15) is 17.8 Å². The molecular formula is C26H28N4O4S. The lowest BCUT2D eigenvalue weighted by molar-refractivity contribution is -0.140. The van der Waals surface area contributed by atoms with Crippen LogP contribution in [0.5, 0.6) is 5.75 Å². The maximum atomic E-state index is 13.5. The number of rotatable bonds is 6. The second-order valence-electron chi connectivity index (χ2n) is 9.01. The third-order valence-corrected chi connectivity index (χ3v) is 8.21. The molecule has 2 aromatic carbocycles. The molecule has 5 rings (SSSR count). The number of thiazole rings is 1. The average Bonchev–Trinajstić information content (AvgIpc) is 3.44. The standard InChI is InChI=1S/C26H28N4O4S/c1-3-26(18-10-12-19(34-2)13-11-18)24(32)30(25(33)28-26)16-22(31)29-14-6-7-17(15-29)23-27-20-8-4-5-9-21(20)35-23/h4-5,8-13,17H,3,6-7,14-16H2,1-2H3,(H,28,33)/t17-,26+/m0/s1. The molecule has 8 nitrogen and oxygen atoms in total. The number of carbonyl (C=O) groups is 3. The molecule has 2 saturated heterocycles. The molecule has 2 atom stereocenters. The van der Waals surface area contributed by atoms with E-state index in [0.717, 1.165) is 33.0 Å². The maximum Gasteiger partial charge on any atom is 0.325 e. The molecule has 182 valence electrons. The number of carbonyl (C=O) groups excluding carboxylic acids is 3. The van der Waals surface area contributed by atoms with E-state index >= 15 is 0 Å². The van der Waals surface area contributed by atoms with E-state index in [4.69, 9.17) is 9.72 Å². The number of methoxy groups -OCH3 is 1. The minimum atomic E-state index is -1.19. The number of hydrogen-bond acceptors (Lipinski definition) is 6. The number of likely N-dealkylation sites (tertiary alicyclic amines) is 1. The number of amides is 4. The Bertz CT molecular complexity index is 1240. The largest absolute Gasteiger partial charge is 0.497 e. The van der Waals surface area contributed by atoms with E-state index in [2.05, 4.69) is 11.4 Å². The van der Waals surface area contributed by atoms with Crippen molar-refractivity contribution in [2.45, 2.75) is 37.6 Å². The third-order valence-electron chi connectivity index (χ3n) is 7.02. The molecule has 0 aliphatic carbocycles. The van der Waals surface area contributed by atoms with Gasteiger partial charge in [-0.15, -0.1) is 11.3 Å². The normalized spacial score (nSPS) is 22.5. The quantitative estimate of drug-likeness (QED) is 0.528. The molecule has 0 spiro atoms. The van der Waals surface area contributed by atoms with E-state index in [1.807, 2.05) is 25.1 Å². The first kappa shape index (κ1) is 23.3. The van der Waals surface area contributed by atoms with Gasteiger partial charge in [-0.25, -0.2) is 9.78 Å². The Morgan fingerprint density at radius 2 is 1.97 bits per heavy atom. The van der Waals surface area contributed by atoms with Gasteiger partial charge in [0.25, 0.3) is 5.91 Å². The Morgan fingerprint density at radius 1 is 1.20 bits per heavy atom. The van der Waals surface area contributed by atoms with E-state index in [-0.39, 0.29) is 18.4 Å². The molecule has 3 heterocycles. The van der Waals surface area contributed by atoms with Gasteiger partial charge in [-0.1, -0.05) is 31.2 Å². The zero-order valence-corrected chi connectivity index (χ0v) is 20.6. The number of para-hydroxylation sites is 1. The maximum absolute atomic E-state index is 13.5. The number of nitrogens with zero attached hydrogens (tertiary/aromatic N) is 3. The van der Waals surface area contributed by atoms with E-state index < -0.39 is 17.5 Å². The predicted octanol–water partition coefficient (Wildman–Crippen LogP) is 3.87. The van der Waals surface area contributed by atoms with Crippen molar-refractivity contribution in [1.82, 2.24) is 20.1 Å². The summed E-state index contributed by atoms with van der Waals surface area (Å²) in [6.07, 6.45) is 2.19. The fourth-order valence-corrected chi connectivity index (χ4v) is 6.08. The van der Waals surface area contributed by atoms with Gasteiger partial charge in [0.05, 0.1) is 22.3 Å². The molecule has 35 heavy (non-hydrogen) atoms. The van der Waals surface area contributed by atoms with Crippen LogP contribution >= 0.6 is 11.3 Å². The molecule has 0 bridgehead atoms. The Balaban J connectivity index is 1.30. The lowest BCUT2D eigenvalue weighted by Gasteiger charge is -2.32. The Labute approximate surface area is 207 Å². The van der Waals surface area contributed by atoms with Gasteiger partial charge >= 0.3 is 6.03 Å². The molecule has 2 fully saturated rings. The summed E-state index contributed by atoms with van der Waals surface area (Å²) in [5.41, 5.74) is 0.461. The van der Waals surface area contributed by atoms with Crippen LogP contribution in [-0.2, 0) is 15.1 Å². The number of hydrogen-bond donors (Lipinski definition) is 1.